The van der Waals surface area contributed by atoms with Gasteiger partial charge in [-0.15, -0.1) is 0 Å². The van der Waals surface area contributed by atoms with Gasteiger partial charge in [0.05, 0.1) is 16.8 Å². The van der Waals surface area contributed by atoms with Crippen molar-refractivity contribution in [1.82, 2.24) is 9.97 Å². The maximum Gasteiger partial charge on any atom is 0.160 e. The van der Waals surface area contributed by atoms with Crippen LogP contribution in [0.5, 0.6) is 0 Å². The highest BCUT2D eigenvalue weighted by molar-refractivity contribution is 6.30. The van der Waals surface area contributed by atoms with E-state index in [4.69, 9.17) is 21.6 Å². The molecular formula is C41H27ClN2. The number of aromatic nitrogens is 2. The average molecular weight is 583 g/mol. The molecule has 208 valence electrons. The molecule has 8 rings (SSSR count). The van der Waals surface area contributed by atoms with Crippen molar-refractivity contribution in [3.8, 4) is 45.0 Å². The van der Waals surface area contributed by atoms with Gasteiger partial charge in [0.1, 0.15) is 0 Å². The number of fused-ring (bicyclic) bond motifs is 3. The molecule has 1 heterocycles. The van der Waals surface area contributed by atoms with E-state index in [1.54, 1.807) is 0 Å². The Morgan fingerprint density at radius 3 is 1.73 bits per heavy atom. The van der Waals surface area contributed by atoms with Crippen LogP contribution in [-0.2, 0) is 5.41 Å². The van der Waals surface area contributed by atoms with Crippen molar-refractivity contribution in [1.29, 1.82) is 0 Å². The summed E-state index contributed by atoms with van der Waals surface area (Å²) in [5.41, 5.74) is 11.5. The third-order valence-corrected chi connectivity index (χ3v) is 8.87. The van der Waals surface area contributed by atoms with Gasteiger partial charge in [0, 0.05) is 21.7 Å². The summed E-state index contributed by atoms with van der Waals surface area (Å²) in [5.74, 6) is 0.702. The second kappa shape index (κ2) is 10.8. The van der Waals surface area contributed by atoms with Crippen LogP contribution in [-0.4, -0.2) is 9.97 Å². The Morgan fingerprint density at radius 1 is 0.409 bits per heavy atom. The molecular weight excluding hydrogens is 556 g/mol. The molecule has 0 fully saturated rings. The van der Waals surface area contributed by atoms with E-state index in [2.05, 4.69) is 121 Å². The van der Waals surface area contributed by atoms with Gasteiger partial charge in [0.15, 0.2) is 5.82 Å². The second-order valence-electron chi connectivity index (χ2n) is 11.1. The van der Waals surface area contributed by atoms with Crippen molar-refractivity contribution in [2.75, 3.05) is 0 Å². The van der Waals surface area contributed by atoms with Crippen LogP contribution in [0.3, 0.4) is 0 Å². The first-order valence-corrected chi connectivity index (χ1v) is 15.2. The fourth-order valence-electron chi connectivity index (χ4n) is 6.71. The molecule has 1 atom stereocenters. The quantitative estimate of drug-likeness (QED) is 0.202. The van der Waals surface area contributed by atoms with Crippen molar-refractivity contribution in [2.45, 2.75) is 5.41 Å². The van der Waals surface area contributed by atoms with E-state index in [1.807, 2.05) is 42.5 Å². The summed E-state index contributed by atoms with van der Waals surface area (Å²) < 4.78 is 0. The summed E-state index contributed by atoms with van der Waals surface area (Å²) in [6, 6.07) is 57.2. The second-order valence-corrected chi connectivity index (χ2v) is 11.6. The van der Waals surface area contributed by atoms with Gasteiger partial charge in [-0.2, -0.15) is 0 Å². The van der Waals surface area contributed by atoms with E-state index in [0.29, 0.717) is 5.82 Å². The number of benzene rings is 6. The molecule has 1 aliphatic carbocycles. The first-order chi connectivity index (χ1) is 21.7. The number of rotatable bonds is 5. The average Bonchev–Trinajstić information content (AvgIpc) is 3.39. The van der Waals surface area contributed by atoms with E-state index in [0.717, 1.165) is 38.7 Å². The monoisotopic (exact) mass is 582 g/mol. The van der Waals surface area contributed by atoms with Crippen LogP contribution in [0.1, 0.15) is 22.3 Å². The van der Waals surface area contributed by atoms with Crippen LogP contribution >= 0.6 is 11.6 Å². The topological polar surface area (TPSA) is 25.8 Å². The van der Waals surface area contributed by atoms with Gasteiger partial charge in [-0.25, -0.2) is 9.97 Å². The molecule has 0 amide bonds. The first kappa shape index (κ1) is 26.3. The van der Waals surface area contributed by atoms with E-state index in [-0.39, 0.29) is 0 Å². The molecule has 3 heteroatoms. The summed E-state index contributed by atoms with van der Waals surface area (Å²) in [6.45, 7) is 0. The molecule has 1 aromatic heterocycles. The number of hydrogen-bond donors (Lipinski definition) is 0. The predicted octanol–water partition coefficient (Wildman–Crippen LogP) is 10.5. The maximum atomic E-state index is 6.73. The van der Waals surface area contributed by atoms with Crippen molar-refractivity contribution in [3.63, 3.8) is 0 Å². The minimum Gasteiger partial charge on any atom is -0.228 e. The van der Waals surface area contributed by atoms with Crippen LogP contribution in [0.4, 0.5) is 0 Å². The predicted molar refractivity (Wildman–Crippen MR) is 181 cm³/mol. The Hall–Kier alpha value is -5.31. The van der Waals surface area contributed by atoms with Gasteiger partial charge in [-0.3, -0.25) is 0 Å². The highest BCUT2D eigenvalue weighted by Crippen LogP contribution is 2.56. The fraction of sp³-hybridized carbons (Fsp3) is 0.0244. The van der Waals surface area contributed by atoms with Crippen molar-refractivity contribution >= 4 is 11.6 Å². The highest BCUT2D eigenvalue weighted by Gasteiger charge is 2.46. The molecule has 1 aliphatic rings. The number of hydrogen-bond acceptors (Lipinski definition) is 2. The van der Waals surface area contributed by atoms with Gasteiger partial charge in [0.25, 0.3) is 0 Å². The highest BCUT2D eigenvalue weighted by atomic mass is 35.5. The van der Waals surface area contributed by atoms with Crippen molar-refractivity contribution < 1.29 is 0 Å². The van der Waals surface area contributed by atoms with Gasteiger partial charge in [0.2, 0.25) is 0 Å². The Morgan fingerprint density at radius 2 is 0.977 bits per heavy atom. The zero-order valence-corrected chi connectivity index (χ0v) is 24.6. The van der Waals surface area contributed by atoms with Crippen molar-refractivity contribution in [3.05, 3.63) is 191 Å². The summed E-state index contributed by atoms with van der Waals surface area (Å²) in [4.78, 5) is 10.1. The smallest absolute Gasteiger partial charge is 0.160 e. The molecule has 0 spiro atoms. The third-order valence-electron chi connectivity index (χ3n) is 8.63. The Kier molecular flexibility index (Phi) is 6.43. The molecule has 0 N–H and O–H groups in total. The molecule has 7 aromatic rings. The minimum atomic E-state index is -0.550. The number of nitrogens with zero attached hydrogens (tertiary/aromatic N) is 2. The lowest BCUT2D eigenvalue weighted by Crippen LogP contribution is -2.28. The van der Waals surface area contributed by atoms with E-state index >= 15 is 0 Å². The van der Waals surface area contributed by atoms with Crippen LogP contribution in [0.15, 0.2) is 164 Å². The molecule has 0 bridgehead atoms. The normalized spacial score (nSPS) is 15.0. The lowest BCUT2D eigenvalue weighted by atomic mass is 9.67. The van der Waals surface area contributed by atoms with Crippen LogP contribution in [0.2, 0.25) is 5.02 Å². The lowest BCUT2D eigenvalue weighted by Gasteiger charge is -2.34. The van der Waals surface area contributed by atoms with Gasteiger partial charge in [-0.05, 0) is 57.6 Å². The van der Waals surface area contributed by atoms with Crippen molar-refractivity contribution in [2.24, 2.45) is 0 Å². The van der Waals surface area contributed by atoms with Crippen LogP contribution in [0.25, 0.3) is 45.0 Å². The van der Waals surface area contributed by atoms with Crippen LogP contribution in [0, 0.1) is 0 Å². The summed E-state index contributed by atoms with van der Waals surface area (Å²) >= 11 is 6.73. The molecule has 0 radical (unpaired) electrons. The molecule has 0 saturated carbocycles. The molecule has 6 aromatic carbocycles. The molecule has 44 heavy (non-hydrogen) atoms. The van der Waals surface area contributed by atoms with Crippen LogP contribution < -0.4 is 0 Å². The lowest BCUT2D eigenvalue weighted by molar-refractivity contribution is 0.769. The first-order valence-electron chi connectivity index (χ1n) is 14.8. The zero-order chi connectivity index (χ0) is 29.5. The standard InChI is InChI=1S/C41H27ClN2/c42-33-23-24-35-34-21-10-11-22-36(34)41(37(35)26-33,31-18-8-3-9-19-31)32-20-12-17-30(25-32)39-27-38(28-13-4-1-5-14-28)43-40(44-39)29-15-6-2-7-16-29/h1-27H. The molecule has 0 saturated heterocycles. The van der Waals surface area contributed by atoms with Gasteiger partial charge in [-0.1, -0.05) is 151 Å². The maximum absolute atomic E-state index is 6.73. The Balaban J connectivity index is 1.39. The SMILES string of the molecule is Clc1ccc2c(c1)C(c1ccccc1)(c1cccc(-c3cc(-c4ccccc4)nc(-c4ccccc4)n3)c1)c1ccccc1-2. The van der Waals surface area contributed by atoms with Gasteiger partial charge >= 0.3 is 0 Å². The Bertz CT molecular complexity index is 2070. The Labute approximate surface area is 262 Å². The summed E-state index contributed by atoms with van der Waals surface area (Å²) in [6.07, 6.45) is 0. The molecule has 0 aliphatic heterocycles. The molecule has 1 unspecified atom stereocenters. The van der Waals surface area contributed by atoms with E-state index in [9.17, 15) is 0 Å². The largest absolute Gasteiger partial charge is 0.228 e. The summed E-state index contributed by atoms with van der Waals surface area (Å²) in [5, 5.41) is 0.726. The fourth-order valence-corrected chi connectivity index (χ4v) is 6.88. The van der Waals surface area contributed by atoms with Gasteiger partial charge < -0.3 is 0 Å². The van der Waals surface area contributed by atoms with E-state index < -0.39 is 5.41 Å². The number of halogens is 1. The minimum absolute atomic E-state index is 0.550. The summed E-state index contributed by atoms with van der Waals surface area (Å²) in [7, 11) is 0. The zero-order valence-electron chi connectivity index (χ0n) is 23.9. The van der Waals surface area contributed by atoms with E-state index in [1.165, 1.54) is 27.8 Å². The third kappa shape index (κ3) is 4.26. The molecule has 2 nitrogen and oxygen atoms in total.